The van der Waals surface area contributed by atoms with Crippen molar-refractivity contribution in [2.75, 3.05) is 52.7 Å². The summed E-state index contributed by atoms with van der Waals surface area (Å²) in [5, 5.41) is 0. The van der Waals surface area contributed by atoms with Crippen molar-refractivity contribution in [3.63, 3.8) is 0 Å². The third-order valence-corrected chi connectivity index (χ3v) is 4.21. The van der Waals surface area contributed by atoms with Gasteiger partial charge in [0.05, 0.1) is 26.4 Å². The van der Waals surface area contributed by atoms with Gasteiger partial charge in [0.15, 0.2) is 6.49 Å². The highest BCUT2D eigenvalue weighted by Crippen LogP contribution is 2.43. The van der Waals surface area contributed by atoms with E-state index in [0.717, 1.165) is 32.8 Å². The topological polar surface area (TPSA) is 30.9 Å². The Kier molecular flexibility index (Phi) is 6.27. The zero-order valence-electron chi connectivity index (χ0n) is 9.48. The highest BCUT2D eigenvalue weighted by Gasteiger charge is 2.13. The van der Waals surface area contributed by atoms with Crippen LogP contribution in [0.2, 0.25) is 0 Å². The third-order valence-electron chi connectivity index (χ3n) is 2.20. The van der Waals surface area contributed by atoms with E-state index in [1.807, 2.05) is 13.6 Å². The van der Waals surface area contributed by atoms with Gasteiger partial charge in [-0.1, -0.05) is 0 Å². The molecule has 1 heterocycles. The summed E-state index contributed by atoms with van der Waals surface area (Å²) >= 11 is 5.23. The number of hydrogen-bond donors (Lipinski definition) is 0. The Labute approximate surface area is 97.0 Å². The first kappa shape index (κ1) is 13.6. The Morgan fingerprint density at radius 3 is 2.60 bits per heavy atom. The van der Waals surface area contributed by atoms with E-state index in [-0.39, 0.29) is 0 Å². The molecule has 1 fully saturated rings. The van der Waals surface area contributed by atoms with Crippen LogP contribution in [0.4, 0.5) is 0 Å². The van der Waals surface area contributed by atoms with E-state index < -0.39 is 6.49 Å². The molecule has 0 aromatic rings. The summed E-state index contributed by atoms with van der Waals surface area (Å²) < 4.78 is 16.2. The van der Waals surface area contributed by atoms with Gasteiger partial charge in [0, 0.05) is 26.3 Å². The molecule has 15 heavy (non-hydrogen) atoms. The van der Waals surface area contributed by atoms with Crippen molar-refractivity contribution in [3.05, 3.63) is 0 Å². The van der Waals surface area contributed by atoms with Crippen LogP contribution in [0.25, 0.3) is 0 Å². The Hall–Kier alpha value is 0.490. The van der Waals surface area contributed by atoms with Crippen molar-refractivity contribution in [2.45, 2.75) is 6.92 Å². The summed E-state index contributed by atoms with van der Waals surface area (Å²) in [6.45, 7) is 7.68. The first-order chi connectivity index (χ1) is 7.14. The number of morpholine rings is 1. The van der Waals surface area contributed by atoms with Gasteiger partial charge in [0.2, 0.25) is 0 Å². The van der Waals surface area contributed by atoms with Crippen LogP contribution in [0.5, 0.6) is 0 Å². The fourth-order valence-electron chi connectivity index (χ4n) is 1.43. The maximum Gasteiger partial charge on any atom is 0.185 e. The third kappa shape index (κ3) is 5.95. The number of hydrogen-bond acceptors (Lipinski definition) is 5. The average molecular weight is 253 g/mol. The lowest BCUT2D eigenvalue weighted by molar-refractivity contribution is 0.0321. The molecule has 0 aliphatic carbocycles. The molecule has 4 nitrogen and oxygen atoms in total. The van der Waals surface area contributed by atoms with Crippen LogP contribution in [-0.4, -0.2) is 57.6 Å². The van der Waals surface area contributed by atoms with Crippen LogP contribution in [-0.2, 0) is 25.6 Å². The monoisotopic (exact) mass is 253 g/mol. The van der Waals surface area contributed by atoms with E-state index in [1.54, 1.807) is 0 Å². The van der Waals surface area contributed by atoms with Crippen molar-refractivity contribution in [1.29, 1.82) is 0 Å². The Balaban J connectivity index is 2.11. The number of ether oxygens (including phenoxy) is 1. The normalized spacial score (nSPS) is 22.5. The molecule has 1 rings (SSSR count). The van der Waals surface area contributed by atoms with Crippen LogP contribution in [0.15, 0.2) is 0 Å². The van der Waals surface area contributed by atoms with E-state index in [2.05, 4.69) is 4.90 Å². The molecule has 1 atom stereocenters. The Morgan fingerprint density at radius 2 is 2.00 bits per heavy atom. The molecular weight excluding hydrogens is 233 g/mol. The molecular formula is C9H20NO3PS. The molecule has 0 N–H and O–H groups in total. The van der Waals surface area contributed by atoms with Crippen molar-refractivity contribution in [3.8, 4) is 0 Å². The van der Waals surface area contributed by atoms with Crippen molar-refractivity contribution in [2.24, 2.45) is 0 Å². The molecule has 0 aromatic carbocycles. The van der Waals surface area contributed by atoms with Gasteiger partial charge in [-0.2, -0.15) is 0 Å². The average Bonchev–Trinajstić information content (AvgIpc) is 2.19. The predicted octanol–water partition coefficient (Wildman–Crippen LogP) is 1.31. The molecule has 0 spiro atoms. The quantitative estimate of drug-likeness (QED) is 0.666. The molecule has 90 valence electrons. The van der Waals surface area contributed by atoms with Gasteiger partial charge in [0.25, 0.3) is 0 Å². The van der Waals surface area contributed by atoms with Gasteiger partial charge >= 0.3 is 0 Å². The summed E-state index contributed by atoms with van der Waals surface area (Å²) in [5.74, 6) is 0. The van der Waals surface area contributed by atoms with Gasteiger partial charge < -0.3 is 13.8 Å². The minimum Gasteiger partial charge on any atom is -0.379 e. The molecule has 0 saturated carbocycles. The molecule has 0 bridgehead atoms. The van der Waals surface area contributed by atoms with Crippen LogP contribution >= 0.6 is 6.49 Å². The lowest BCUT2D eigenvalue weighted by atomic mass is 10.4. The molecule has 1 aliphatic rings. The van der Waals surface area contributed by atoms with Gasteiger partial charge in [-0.3, -0.25) is 4.90 Å². The van der Waals surface area contributed by atoms with Gasteiger partial charge in [-0.05, 0) is 18.7 Å². The molecule has 1 unspecified atom stereocenters. The van der Waals surface area contributed by atoms with E-state index in [0.29, 0.717) is 13.2 Å². The second kappa shape index (κ2) is 6.94. The first-order valence-electron chi connectivity index (χ1n) is 5.31. The second-order valence-electron chi connectivity index (χ2n) is 3.48. The summed E-state index contributed by atoms with van der Waals surface area (Å²) in [6, 6.07) is 0. The lowest BCUT2D eigenvalue weighted by Gasteiger charge is -2.27. The Bertz CT molecular complexity index is 221. The summed E-state index contributed by atoms with van der Waals surface area (Å²) in [7, 11) is 0. The fraction of sp³-hybridized carbons (Fsp3) is 1.00. The largest absolute Gasteiger partial charge is 0.379 e. The summed E-state index contributed by atoms with van der Waals surface area (Å²) in [4.78, 5) is 2.32. The van der Waals surface area contributed by atoms with Crippen LogP contribution < -0.4 is 0 Å². The van der Waals surface area contributed by atoms with Crippen molar-refractivity contribution in [1.82, 2.24) is 4.90 Å². The van der Waals surface area contributed by atoms with Crippen LogP contribution in [0.3, 0.4) is 0 Å². The number of nitrogens with zero attached hydrogens (tertiary/aromatic N) is 1. The molecule has 1 saturated heterocycles. The minimum absolute atomic E-state index is 0.630. The SMILES string of the molecule is CCOP(C)(=S)OCCN1CCOCC1. The molecule has 1 aliphatic heterocycles. The first-order valence-corrected chi connectivity index (χ1v) is 8.39. The molecule has 0 radical (unpaired) electrons. The maximum absolute atomic E-state index is 5.59. The van der Waals surface area contributed by atoms with E-state index in [1.165, 1.54) is 0 Å². The molecule has 6 heteroatoms. The zero-order chi connectivity index (χ0) is 11.1. The zero-order valence-corrected chi connectivity index (χ0v) is 11.2. The number of rotatable bonds is 6. The summed E-state index contributed by atoms with van der Waals surface area (Å²) in [6.07, 6.45) is 0. The van der Waals surface area contributed by atoms with Gasteiger partial charge in [-0.25, -0.2) is 0 Å². The smallest absolute Gasteiger partial charge is 0.185 e. The standard InChI is InChI=1S/C9H20NO3PS/c1-3-12-14(2,15)13-9-6-10-4-7-11-8-5-10/h3-9H2,1-2H3. The molecule has 0 amide bonds. The van der Waals surface area contributed by atoms with Gasteiger partial charge in [-0.15, -0.1) is 0 Å². The highest BCUT2D eigenvalue weighted by molar-refractivity contribution is 8.09. The summed E-state index contributed by atoms with van der Waals surface area (Å²) in [5.41, 5.74) is 0. The van der Waals surface area contributed by atoms with Gasteiger partial charge in [0.1, 0.15) is 0 Å². The van der Waals surface area contributed by atoms with Crippen molar-refractivity contribution >= 4 is 18.3 Å². The predicted molar refractivity (Wildman–Crippen MR) is 65.0 cm³/mol. The van der Waals surface area contributed by atoms with E-state index >= 15 is 0 Å². The van der Waals surface area contributed by atoms with E-state index in [4.69, 9.17) is 25.6 Å². The van der Waals surface area contributed by atoms with Crippen LogP contribution in [0.1, 0.15) is 6.92 Å². The lowest BCUT2D eigenvalue weighted by Crippen LogP contribution is -2.38. The molecule has 0 aromatic heterocycles. The second-order valence-corrected chi connectivity index (χ2v) is 7.53. The van der Waals surface area contributed by atoms with Crippen LogP contribution in [0, 0.1) is 0 Å². The van der Waals surface area contributed by atoms with E-state index in [9.17, 15) is 0 Å². The van der Waals surface area contributed by atoms with Crippen molar-refractivity contribution < 1.29 is 13.8 Å². The minimum atomic E-state index is -1.98. The fourth-order valence-corrected chi connectivity index (χ4v) is 2.93. The Morgan fingerprint density at radius 1 is 1.33 bits per heavy atom. The maximum atomic E-state index is 5.59. The highest BCUT2D eigenvalue weighted by atomic mass is 32.5.